The molecular formula is C15H22N2O. The van der Waals surface area contributed by atoms with Gasteiger partial charge in [-0.3, -0.25) is 4.90 Å². The van der Waals surface area contributed by atoms with Gasteiger partial charge in [0.05, 0.1) is 6.61 Å². The maximum atomic E-state index is 9.02. The van der Waals surface area contributed by atoms with Crippen LogP contribution in [0.25, 0.3) is 0 Å². The summed E-state index contributed by atoms with van der Waals surface area (Å²) in [5, 5.41) is 12.5. The van der Waals surface area contributed by atoms with Gasteiger partial charge in [-0.1, -0.05) is 24.3 Å². The molecule has 0 amide bonds. The van der Waals surface area contributed by atoms with Gasteiger partial charge in [-0.15, -0.1) is 6.58 Å². The smallest absolute Gasteiger partial charge is 0.0558 e. The van der Waals surface area contributed by atoms with Gasteiger partial charge >= 0.3 is 0 Å². The largest absolute Gasteiger partial charge is 0.395 e. The van der Waals surface area contributed by atoms with Crippen molar-refractivity contribution in [2.75, 3.05) is 38.1 Å². The lowest BCUT2D eigenvalue weighted by molar-refractivity contribution is 0.204. The number of nitrogens with one attached hydrogen (secondary N) is 1. The van der Waals surface area contributed by atoms with Crippen LogP contribution in [-0.2, 0) is 0 Å². The molecule has 1 aromatic carbocycles. The average Bonchev–Trinajstić information content (AvgIpc) is 2.80. The van der Waals surface area contributed by atoms with Crippen molar-refractivity contribution >= 4 is 5.69 Å². The summed E-state index contributed by atoms with van der Waals surface area (Å²) in [6.07, 6.45) is 3.02. The highest BCUT2D eigenvalue weighted by atomic mass is 16.3. The van der Waals surface area contributed by atoms with E-state index in [0.717, 1.165) is 32.6 Å². The van der Waals surface area contributed by atoms with Crippen LogP contribution >= 0.6 is 0 Å². The quantitative estimate of drug-likeness (QED) is 0.723. The predicted octanol–water partition coefficient (Wildman–Crippen LogP) is 2.07. The van der Waals surface area contributed by atoms with Crippen molar-refractivity contribution in [3.63, 3.8) is 0 Å². The highest BCUT2D eigenvalue weighted by molar-refractivity contribution is 5.57. The molecule has 0 aliphatic carbocycles. The van der Waals surface area contributed by atoms with E-state index in [9.17, 15) is 0 Å². The zero-order valence-corrected chi connectivity index (χ0v) is 10.8. The second-order valence-corrected chi connectivity index (χ2v) is 4.77. The molecule has 0 spiro atoms. The highest BCUT2D eigenvalue weighted by Gasteiger charge is 2.21. The summed E-state index contributed by atoms with van der Waals surface area (Å²) in [6, 6.07) is 8.53. The Kier molecular flexibility index (Phi) is 4.79. The van der Waals surface area contributed by atoms with Crippen molar-refractivity contribution in [3.05, 3.63) is 42.5 Å². The lowest BCUT2D eigenvalue weighted by Crippen LogP contribution is -2.29. The lowest BCUT2D eigenvalue weighted by atomic mass is 9.98. The van der Waals surface area contributed by atoms with Crippen LogP contribution in [0.5, 0.6) is 0 Å². The van der Waals surface area contributed by atoms with E-state index in [-0.39, 0.29) is 6.61 Å². The molecule has 2 rings (SSSR count). The summed E-state index contributed by atoms with van der Waals surface area (Å²) in [5.74, 6) is 0.590. The summed E-state index contributed by atoms with van der Waals surface area (Å²) >= 11 is 0. The van der Waals surface area contributed by atoms with Crippen molar-refractivity contribution in [2.24, 2.45) is 0 Å². The van der Waals surface area contributed by atoms with Crippen LogP contribution in [0.3, 0.4) is 0 Å². The molecule has 1 aliphatic rings. The zero-order chi connectivity index (χ0) is 12.8. The zero-order valence-electron chi connectivity index (χ0n) is 10.8. The number of benzene rings is 1. The first-order chi connectivity index (χ1) is 8.85. The lowest BCUT2D eigenvalue weighted by Gasteiger charge is -2.21. The van der Waals surface area contributed by atoms with Gasteiger partial charge in [-0.2, -0.15) is 0 Å². The van der Waals surface area contributed by atoms with Crippen molar-refractivity contribution < 1.29 is 5.11 Å². The van der Waals surface area contributed by atoms with E-state index < -0.39 is 0 Å². The van der Waals surface area contributed by atoms with Gasteiger partial charge in [0, 0.05) is 31.2 Å². The SMILES string of the molecule is C=CCN(CCO)CCC1CNc2ccccc21. The van der Waals surface area contributed by atoms with E-state index >= 15 is 0 Å². The van der Waals surface area contributed by atoms with E-state index in [1.165, 1.54) is 11.3 Å². The number of hydrogen-bond acceptors (Lipinski definition) is 3. The first-order valence-corrected chi connectivity index (χ1v) is 6.62. The van der Waals surface area contributed by atoms with Crippen LogP contribution < -0.4 is 5.32 Å². The first kappa shape index (κ1) is 13.1. The van der Waals surface area contributed by atoms with Gasteiger partial charge in [-0.05, 0) is 24.6 Å². The monoisotopic (exact) mass is 246 g/mol. The Balaban J connectivity index is 1.89. The number of aliphatic hydroxyl groups excluding tert-OH is 1. The van der Waals surface area contributed by atoms with Crippen molar-refractivity contribution in [1.29, 1.82) is 0 Å². The fourth-order valence-electron chi connectivity index (χ4n) is 2.57. The number of fused-ring (bicyclic) bond motifs is 1. The minimum Gasteiger partial charge on any atom is -0.395 e. The number of aliphatic hydroxyl groups is 1. The molecule has 0 saturated heterocycles. The normalized spacial score (nSPS) is 17.6. The standard InChI is InChI=1S/C15H22N2O/c1-2-8-17(10-11-18)9-7-13-12-16-15-6-4-3-5-14(13)15/h2-6,13,16,18H,1,7-12H2. The minimum absolute atomic E-state index is 0.216. The van der Waals surface area contributed by atoms with E-state index in [1.807, 2.05) is 6.08 Å². The van der Waals surface area contributed by atoms with Crippen molar-refractivity contribution in [3.8, 4) is 0 Å². The average molecular weight is 246 g/mol. The molecule has 1 unspecified atom stereocenters. The molecule has 1 aromatic rings. The van der Waals surface area contributed by atoms with E-state index in [1.54, 1.807) is 0 Å². The van der Waals surface area contributed by atoms with Crippen LogP contribution in [0.1, 0.15) is 17.9 Å². The number of hydrogen-bond donors (Lipinski definition) is 2. The maximum absolute atomic E-state index is 9.02. The Morgan fingerprint density at radius 3 is 3.00 bits per heavy atom. The Bertz CT molecular complexity index is 392. The molecule has 0 saturated carbocycles. The molecule has 1 heterocycles. The van der Waals surface area contributed by atoms with Gasteiger partial charge in [0.2, 0.25) is 0 Å². The maximum Gasteiger partial charge on any atom is 0.0558 e. The van der Waals surface area contributed by atoms with Crippen LogP contribution in [-0.4, -0.2) is 42.8 Å². The number of nitrogens with zero attached hydrogens (tertiary/aromatic N) is 1. The molecule has 0 fully saturated rings. The fraction of sp³-hybridized carbons (Fsp3) is 0.467. The van der Waals surface area contributed by atoms with Gasteiger partial charge < -0.3 is 10.4 Å². The Labute approximate surface area is 109 Å². The molecule has 3 nitrogen and oxygen atoms in total. The third kappa shape index (κ3) is 3.12. The highest BCUT2D eigenvalue weighted by Crippen LogP contribution is 2.33. The number of rotatable bonds is 7. The number of anilines is 1. The predicted molar refractivity (Wildman–Crippen MR) is 76.0 cm³/mol. The van der Waals surface area contributed by atoms with Crippen molar-refractivity contribution in [2.45, 2.75) is 12.3 Å². The summed E-state index contributed by atoms with van der Waals surface area (Å²) in [7, 11) is 0. The van der Waals surface area contributed by atoms with E-state index in [2.05, 4.69) is 41.1 Å². The van der Waals surface area contributed by atoms with E-state index in [4.69, 9.17) is 5.11 Å². The summed E-state index contributed by atoms with van der Waals surface area (Å²) in [6.45, 7) is 7.59. The topological polar surface area (TPSA) is 35.5 Å². The molecule has 1 aliphatic heterocycles. The molecule has 18 heavy (non-hydrogen) atoms. The van der Waals surface area contributed by atoms with Crippen LogP contribution in [0.4, 0.5) is 5.69 Å². The van der Waals surface area contributed by atoms with Crippen LogP contribution in [0.15, 0.2) is 36.9 Å². The fourth-order valence-corrected chi connectivity index (χ4v) is 2.57. The molecule has 0 radical (unpaired) electrons. The second-order valence-electron chi connectivity index (χ2n) is 4.77. The molecule has 98 valence electrons. The molecule has 1 atom stereocenters. The van der Waals surface area contributed by atoms with Crippen LogP contribution in [0, 0.1) is 0 Å². The molecule has 2 N–H and O–H groups in total. The van der Waals surface area contributed by atoms with Gasteiger partial charge in [0.15, 0.2) is 0 Å². The van der Waals surface area contributed by atoms with Gasteiger partial charge in [0.1, 0.15) is 0 Å². The third-order valence-corrected chi connectivity index (χ3v) is 3.54. The van der Waals surface area contributed by atoms with E-state index in [0.29, 0.717) is 5.92 Å². The molecule has 3 heteroatoms. The van der Waals surface area contributed by atoms with Crippen molar-refractivity contribution in [1.82, 2.24) is 4.90 Å². The minimum atomic E-state index is 0.216. The Hall–Kier alpha value is -1.32. The third-order valence-electron chi connectivity index (χ3n) is 3.54. The summed E-state index contributed by atoms with van der Waals surface area (Å²) in [5.41, 5.74) is 2.71. The number of para-hydroxylation sites is 1. The summed E-state index contributed by atoms with van der Waals surface area (Å²) < 4.78 is 0. The van der Waals surface area contributed by atoms with Crippen LogP contribution in [0.2, 0.25) is 0 Å². The molecular weight excluding hydrogens is 224 g/mol. The van der Waals surface area contributed by atoms with Gasteiger partial charge in [0.25, 0.3) is 0 Å². The first-order valence-electron chi connectivity index (χ1n) is 6.62. The molecule has 0 aromatic heterocycles. The Morgan fingerprint density at radius 2 is 2.22 bits per heavy atom. The Morgan fingerprint density at radius 1 is 1.39 bits per heavy atom. The summed E-state index contributed by atoms with van der Waals surface area (Å²) in [4.78, 5) is 2.24. The second kappa shape index (κ2) is 6.57. The van der Waals surface area contributed by atoms with Gasteiger partial charge in [-0.25, -0.2) is 0 Å². The molecule has 0 bridgehead atoms.